The van der Waals surface area contributed by atoms with Crippen LogP contribution in [0.25, 0.3) is 0 Å². The van der Waals surface area contributed by atoms with Gasteiger partial charge in [-0.2, -0.15) is 0 Å². The van der Waals surface area contributed by atoms with Crippen LogP contribution < -0.4 is 10.1 Å². The lowest BCUT2D eigenvalue weighted by molar-refractivity contribution is 0.180. The maximum Gasteiger partial charge on any atom is 0.317 e. The summed E-state index contributed by atoms with van der Waals surface area (Å²) in [5.74, 6) is 0.812. The molecule has 0 spiro atoms. The van der Waals surface area contributed by atoms with Crippen molar-refractivity contribution in [1.29, 1.82) is 0 Å². The first-order chi connectivity index (χ1) is 9.24. The van der Waals surface area contributed by atoms with Gasteiger partial charge < -0.3 is 20.1 Å². The van der Waals surface area contributed by atoms with E-state index in [2.05, 4.69) is 5.32 Å². The van der Waals surface area contributed by atoms with Gasteiger partial charge in [0.15, 0.2) is 0 Å². The number of rotatable bonds is 4. The van der Waals surface area contributed by atoms with Crippen LogP contribution in [0, 0.1) is 0 Å². The molecule has 2 aliphatic rings. The van der Waals surface area contributed by atoms with Crippen LogP contribution in [0.15, 0.2) is 18.2 Å². The van der Waals surface area contributed by atoms with E-state index in [1.807, 2.05) is 18.2 Å². The molecule has 3 rings (SSSR count). The maximum absolute atomic E-state index is 11.3. The number of hydrogen-bond acceptors (Lipinski definition) is 3. The fourth-order valence-electron chi connectivity index (χ4n) is 2.66. The number of nitrogens with zero attached hydrogens (tertiary/aromatic N) is 1. The summed E-state index contributed by atoms with van der Waals surface area (Å²) >= 11 is 0. The lowest BCUT2D eigenvalue weighted by Gasteiger charge is -2.15. The quantitative estimate of drug-likeness (QED) is 0.853. The molecule has 1 saturated heterocycles. The van der Waals surface area contributed by atoms with Crippen molar-refractivity contribution in [3.8, 4) is 5.75 Å². The first-order valence-corrected chi connectivity index (χ1v) is 6.70. The smallest absolute Gasteiger partial charge is 0.317 e. The Bertz CT molecular complexity index is 490. The molecule has 0 saturated carbocycles. The minimum absolute atomic E-state index is 0.0133. The Kier molecular flexibility index (Phi) is 3.29. The van der Waals surface area contributed by atoms with Crippen molar-refractivity contribution in [2.45, 2.75) is 18.9 Å². The van der Waals surface area contributed by atoms with Crippen molar-refractivity contribution in [2.24, 2.45) is 0 Å². The molecule has 1 atom stereocenters. The summed E-state index contributed by atoms with van der Waals surface area (Å²) in [5, 5.41) is 12.5. The highest BCUT2D eigenvalue weighted by Gasteiger charge is 2.21. The Hall–Kier alpha value is -1.75. The van der Waals surface area contributed by atoms with Crippen LogP contribution in [-0.2, 0) is 6.42 Å². The van der Waals surface area contributed by atoms with E-state index >= 15 is 0 Å². The molecule has 1 fully saturated rings. The van der Waals surface area contributed by atoms with Crippen LogP contribution in [0.1, 0.15) is 23.7 Å². The molecular formula is C14H18N2O3. The lowest BCUT2D eigenvalue weighted by Crippen LogP contribution is -2.31. The molecule has 5 heteroatoms. The minimum Gasteiger partial charge on any atom is -0.492 e. The largest absolute Gasteiger partial charge is 0.492 e. The van der Waals surface area contributed by atoms with E-state index in [9.17, 15) is 9.90 Å². The summed E-state index contributed by atoms with van der Waals surface area (Å²) in [4.78, 5) is 13.1. The Labute approximate surface area is 112 Å². The van der Waals surface area contributed by atoms with Crippen molar-refractivity contribution >= 4 is 6.03 Å². The fourth-order valence-corrected chi connectivity index (χ4v) is 2.66. The van der Waals surface area contributed by atoms with Gasteiger partial charge in [0.2, 0.25) is 0 Å². The van der Waals surface area contributed by atoms with Crippen molar-refractivity contribution in [2.75, 3.05) is 26.2 Å². The summed E-state index contributed by atoms with van der Waals surface area (Å²) in [6.07, 6.45) is 1.38. The van der Waals surface area contributed by atoms with E-state index in [1.165, 1.54) is 5.56 Å². The monoisotopic (exact) mass is 262 g/mol. The first kappa shape index (κ1) is 12.3. The molecule has 0 aromatic heterocycles. The van der Waals surface area contributed by atoms with Crippen molar-refractivity contribution in [3.05, 3.63) is 29.3 Å². The molecule has 2 N–H and O–H groups in total. The van der Waals surface area contributed by atoms with Crippen LogP contribution in [0.5, 0.6) is 5.75 Å². The molecule has 0 radical (unpaired) electrons. The number of amides is 2. The van der Waals surface area contributed by atoms with Crippen molar-refractivity contribution in [3.63, 3.8) is 0 Å². The number of fused-ring (bicyclic) bond motifs is 1. The molecule has 1 aromatic rings. The maximum atomic E-state index is 11.3. The second-order valence-electron chi connectivity index (χ2n) is 4.98. The lowest BCUT2D eigenvalue weighted by atomic mass is 10.1. The van der Waals surface area contributed by atoms with Gasteiger partial charge in [0.25, 0.3) is 0 Å². The number of benzene rings is 1. The highest BCUT2D eigenvalue weighted by Crippen LogP contribution is 2.33. The third kappa shape index (κ3) is 2.51. The number of nitrogens with one attached hydrogen (secondary N) is 1. The number of aliphatic hydroxyl groups excluding tert-OH is 1. The third-order valence-corrected chi connectivity index (χ3v) is 3.74. The number of carbonyl (C=O) groups is 1. The van der Waals surface area contributed by atoms with E-state index in [0.717, 1.165) is 37.2 Å². The van der Waals surface area contributed by atoms with E-state index in [0.29, 0.717) is 13.2 Å². The number of hydrogen-bond donors (Lipinski definition) is 2. The molecule has 102 valence electrons. The van der Waals surface area contributed by atoms with Gasteiger partial charge in [-0.1, -0.05) is 6.07 Å². The van der Waals surface area contributed by atoms with Gasteiger partial charge in [-0.3, -0.25) is 0 Å². The molecule has 1 aromatic carbocycles. The van der Waals surface area contributed by atoms with Gasteiger partial charge in [0.1, 0.15) is 12.4 Å². The summed E-state index contributed by atoms with van der Waals surface area (Å²) < 4.78 is 5.67. The van der Waals surface area contributed by atoms with Crippen LogP contribution in [0.4, 0.5) is 4.79 Å². The Morgan fingerprint density at radius 3 is 3.16 bits per heavy atom. The van der Waals surface area contributed by atoms with E-state index in [-0.39, 0.29) is 12.1 Å². The summed E-state index contributed by atoms with van der Waals surface area (Å²) in [6.45, 7) is 2.56. The number of aliphatic hydroxyl groups is 1. The SMILES string of the molecule is O=C1NCCN1CCOc1ccc2c(c1)CCC2O. The van der Waals surface area contributed by atoms with Crippen LogP contribution in [0.2, 0.25) is 0 Å². The summed E-state index contributed by atoms with van der Waals surface area (Å²) in [6, 6.07) is 5.80. The Morgan fingerprint density at radius 1 is 1.47 bits per heavy atom. The van der Waals surface area contributed by atoms with Gasteiger partial charge in [-0.15, -0.1) is 0 Å². The van der Waals surface area contributed by atoms with E-state index in [4.69, 9.17) is 4.74 Å². The zero-order valence-corrected chi connectivity index (χ0v) is 10.8. The molecule has 2 amide bonds. The van der Waals surface area contributed by atoms with Crippen LogP contribution in [-0.4, -0.2) is 42.3 Å². The van der Waals surface area contributed by atoms with Crippen molar-refractivity contribution < 1.29 is 14.6 Å². The molecule has 1 heterocycles. The number of urea groups is 1. The number of ether oxygens (including phenoxy) is 1. The van der Waals surface area contributed by atoms with Crippen molar-refractivity contribution in [1.82, 2.24) is 10.2 Å². The molecule has 1 aliphatic carbocycles. The normalized spacial score (nSPS) is 21.4. The van der Waals surface area contributed by atoms with Crippen LogP contribution >= 0.6 is 0 Å². The minimum atomic E-state index is -0.322. The molecule has 19 heavy (non-hydrogen) atoms. The number of carbonyl (C=O) groups excluding carboxylic acids is 1. The summed E-state index contributed by atoms with van der Waals surface area (Å²) in [5.41, 5.74) is 2.19. The Balaban J connectivity index is 1.54. The second kappa shape index (κ2) is 5.09. The fraction of sp³-hybridized carbons (Fsp3) is 0.500. The zero-order chi connectivity index (χ0) is 13.2. The highest BCUT2D eigenvalue weighted by atomic mass is 16.5. The standard InChI is InChI=1S/C14H18N2O3/c17-13-4-1-10-9-11(2-3-12(10)13)19-8-7-16-6-5-15-14(16)18/h2-3,9,13,17H,1,4-8H2,(H,15,18). The average molecular weight is 262 g/mol. The Morgan fingerprint density at radius 2 is 2.37 bits per heavy atom. The van der Waals surface area contributed by atoms with Gasteiger partial charge in [-0.05, 0) is 36.1 Å². The predicted molar refractivity (Wildman–Crippen MR) is 70.2 cm³/mol. The molecule has 1 aliphatic heterocycles. The topological polar surface area (TPSA) is 61.8 Å². The second-order valence-corrected chi connectivity index (χ2v) is 4.98. The van der Waals surface area contributed by atoms with Crippen LogP contribution in [0.3, 0.4) is 0 Å². The zero-order valence-electron chi connectivity index (χ0n) is 10.8. The highest BCUT2D eigenvalue weighted by molar-refractivity contribution is 5.76. The molecule has 5 nitrogen and oxygen atoms in total. The van der Waals surface area contributed by atoms with Gasteiger partial charge in [0, 0.05) is 13.1 Å². The number of aryl methyl sites for hydroxylation is 1. The van der Waals surface area contributed by atoms with Gasteiger partial charge in [-0.25, -0.2) is 4.79 Å². The van der Waals surface area contributed by atoms with E-state index in [1.54, 1.807) is 4.90 Å². The molecular weight excluding hydrogens is 244 g/mol. The third-order valence-electron chi connectivity index (χ3n) is 3.74. The molecule has 0 bridgehead atoms. The predicted octanol–water partition coefficient (Wildman–Crippen LogP) is 1.07. The summed E-state index contributed by atoms with van der Waals surface area (Å²) in [7, 11) is 0. The average Bonchev–Trinajstić information content (AvgIpc) is 2.97. The first-order valence-electron chi connectivity index (χ1n) is 6.70. The van der Waals surface area contributed by atoms with Gasteiger partial charge >= 0.3 is 6.03 Å². The van der Waals surface area contributed by atoms with Gasteiger partial charge in [0.05, 0.1) is 12.6 Å². The molecule has 1 unspecified atom stereocenters. The van der Waals surface area contributed by atoms with E-state index < -0.39 is 0 Å².